The zero-order chi connectivity index (χ0) is 11.4. The molecule has 1 unspecified atom stereocenters. The summed E-state index contributed by atoms with van der Waals surface area (Å²) >= 11 is 0. The van der Waals surface area contributed by atoms with Crippen LogP contribution in [0.3, 0.4) is 0 Å². The highest BCUT2D eigenvalue weighted by molar-refractivity contribution is 5.65. The van der Waals surface area contributed by atoms with Crippen LogP contribution in [-0.2, 0) is 0 Å². The van der Waals surface area contributed by atoms with Gasteiger partial charge in [0.15, 0.2) is 0 Å². The molecule has 0 bridgehead atoms. The van der Waals surface area contributed by atoms with Gasteiger partial charge in [-0.25, -0.2) is 0 Å². The fourth-order valence-corrected chi connectivity index (χ4v) is 2.34. The van der Waals surface area contributed by atoms with E-state index in [1.165, 1.54) is 12.8 Å². The number of benzene rings is 1. The van der Waals surface area contributed by atoms with Gasteiger partial charge in [0.1, 0.15) is 0 Å². The van der Waals surface area contributed by atoms with Crippen LogP contribution >= 0.6 is 0 Å². The van der Waals surface area contributed by atoms with Crippen LogP contribution < -0.4 is 16.4 Å². The number of rotatable bonds is 3. The number of piperidine rings is 1. The highest BCUT2D eigenvalue weighted by Gasteiger charge is 2.19. The number of hydrogen-bond donors (Lipinski definition) is 3. The van der Waals surface area contributed by atoms with Crippen LogP contribution in [0.1, 0.15) is 19.8 Å². The minimum absolute atomic E-state index is 0.492. The van der Waals surface area contributed by atoms with Crippen LogP contribution in [0.2, 0.25) is 0 Å². The Morgan fingerprint density at radius 3 is 2.69 bits per heavy atom. The molecule has 0 aromatic heterocycles. The number of nitrogens with one attached hydrogen (secondary N) is 2. The summed E-state index contributed by atoms with van der Waals surface area (Å²) in [4.78, 5) is 0. The zero-order valence-corrected chi connectivity index (χ0v) is 9.87. The van der Waals surface area contributed by atoms with Crippen molar-refractivity contribution >= 4 is 11.4 Å². The first kappa shape index (κ1) is 11.3. The lowest BCUT2D eigenvalue weighted by atomic mass is 9.91. The van der Waals surface area contributed by atoms with Gasteiger partial charge in [-0.15, -0.1) is 0 Å². The standard InChI is InChI=1S/C13H21N3/c1-10(11-6-8-15-9-7-11)16-13-5-3-2-4-12(13)14/h2-5,10-11,15-16H,6-9,14H2,1H3. The molecule has 3 heteroatoms. The van der Waals surface area contributed by atoms with Crippen molar-refractivity contribution in [2.45, 2.75) is 25.8 Å². The molecule has 2 rings (SSSR count). The van der Waals surface area contributed by atoms with Crippen LogP contribution in [0.25, 0.3) is 0 Å². The molecule has 0 radical (unpaired) electrons. The molecule has 1 aromatic rings. The van der Waals surface area contributed by atoms with E-state index in [1.54, 1.807) is 0 Å². The van der Waals surface area contributed by atoms with Gasteiger partial charge in [0.25, 0.3) is 0 Å². The summed E-state index contributed by atoms with van der Waals surface area (Å²) in [6.45, 7) is 4.53. The molecule has 1 fully saturated rings. The van der Waals surface area contributed by atoms with Crippen molar-refractivity contribution in [3.63, 3.8) is 0 Å². The third kappa shape index (κ3) is 2.67. The van der Waals surface area contributed by atoms with E-state index >= 15 is 0 Å². The quantitative estimate of drug-likeness (QED) is 0.682. The summed E-state index contributed by atoms with van der Waals surface area (Å²) in [5, 5.41) is 6.92. The van der Waals surface area contributed by atoms with Crippen molar-refractivity contribution < 1.29 is 0 Å². The molecule has 1 atom stereocenters. The number of anilines is 2. The third-order valence-electron chi connectivity index (χ3n) is 3.43. The Morgan fingerprint density at radius 2 is 2.00 bits per heavy atom. The molecule has 0 spiro atoms. The number of hydrogen-bond acceptors (Lipinski definition) is 3. The molecular formula is C13H21N3. The molecule has 0 amide bonds. The van der Waals surface area contributed by atoms with Crippen LogP contribution in [0.15, 0.2) is 24.3 Å². The van der Waals surface area contributed by atoms with Crippen molar-refractivity contribution in [3.05, 3.63) is 24.3 Å². The third-order valence-corrected chi connectivity index (χ3v) is 3.43. The highest BCUT2D eigenvalue weighted by Crippen LogP contribution is 2.23. The van der Waals surface area contributed by atoms with E-state index in [0.717, 1.165) is 30.4 Å². The smallest absolute Gasteiger partial charge is 0.0576 e. The van der Waals surface area contributed by atoms with Crippen molar-refractivity contribution in [2.24, 2.45) is 5.92 Å². The molecular weight excluding hydrogens is 198 g/mol. The van der Waals surface area contributed by atoms with E-state index in [2.05, 4.69) is 17.6 Å². The second-order valence-corrected chi connectivity index (χ2v) is 4.61. The monoisotopic (exact) mass is 219 g/mol. The van der Waals surface area contributed by atoms with E-state index in [4.69, 9.17) is 5.73 Å². The summed E-state index contributed by atoms with van der Waals surface area (Å²) in [5.74, 6) is 0.751. The van der Waals surface area contributed by atoms with E-state index in [-0.39, 0.29) is 0 Å². The van der Waals surface area contributed by atoms with E-state index in [0.29, 0.717) is 6.04 Å². The Balaban J connectivity index is 1.96. The Morgan fingerprint density at radius 1 is 1.31 bits per heavy atom. The van der Waals surface area contributed by atoms with Gasteiger partial charge in [0.05, 0.1) is 11.4 Å². The Kier molecular flexibility index (Phi) is 3.67. The molecule has 3 nitrogen and oxygen atoms in total. The number of nitrogen functional groups attached to an aromatic ring is 1. The average molecular weight is 219 g/mol. The van der Waals surface area contributed by atoms with Crippen LogP contribution in [0, 0.1) is 5.92 Å². The summed E-state index contributed by atoms with van der Waals surface area (Å²) in [5.41, 5.74) is 7.82. The van der Waals surface area contributed by atoms with Gasteiger partial charge in [-0.2, -0.15) is 0 Å². The average Bonchev–Trinajstić information content (AvgIpc) is 2.33. The second kappa shape index (κ2) is 5.21. The Hall–Kier alpha value is -1.22. The van der Waals surface area contributed by atoms with Crippen LogP contribution in [0.5, 0.6) is 0 Å². The molecule has 1 heterocycles. The van der Waals surface area contributed by atoms with Gasteiger partial charge in [-0.1, -0.05) is 12.1 Å². The molecule has 88 valence electrons. The predicted octanol–water partition coefficient (Wildman–Crippen LogP) is 2.07. The summed E-state index contributed by atoms with van der Waals surface area (Å²) in [6.07, 6.45) is 2.50. The molecule has 4 N–H and O–H groups in total. The number of nitrogens with two attached hydrogens (primary N) is 1. The zero-order valence-electron chi connectivity index (χ0n) is 9.87. The van der Waals surface area contributed by atoms with Gasteiger partial charge in [0, 0.05) is 6.04 Å². The summed E-state index contributed by atoms with van der Waals surface area (Å²) in [6, 6.07) is 8.47. The Bertz CT molecular complexity index is 332. The van der Waals surface area contributed by atoms with Gasteiger partial charge >= 0.3 is 0 Å². The lowest BCUT2D eigenvalue weighted by Gasteiger charge is -2.29. The Labute approximate surface area is 97.4 Å². The SMILES string of the molecule is CC(Nc1ccccc1N)C1CCNCC1. The summed E-state index contributed by atoms with van der Waals surface area (Å²) in [7, 11) is 0. The minimum Gasteiger partial charge on any atom is -0.397 e. The fourth-order valence-electron chi connectivity index (χ4n) is 2.34. The highest BCUT2D eigenvalue weighted by atomic mass is 15.0. The molecule has 1 aliphatic rings. The molecule has 0 saturated carbocycles. The number of para-hydroxylation sites is 2. The summed E-state index contributed by atoms with van der Waals surface area (Å²) < 4.78 is 0. The molecule has 1 saturated heterocycles. The normalized spacial score (nSPS) is 19.3. The van der Waals surface area contributed by atoms with E-state index in [1.807, 2.05) is 24.3 Å². The fraction of sp³-hybridized carbons (Fsp3) is 0.538. The maximum absolute atomic E-state index is 5.92. The lowest BCUT2D eigenvalue weighted by molar-refractivity contribution is 0.343. The van der Waals surface area contributed by atoms with Gasteiger partial charge in [0.2, 0.25) is 0 Å². The van der Waals surface area contributed by atoms with Crippen LogP contribution in [0.4, 0.5) is 11.4 Å². The lowest BCUT2D eigenvalue weighted by Crippen LogP contribution is -2.36. The molecule has 1 aliphatic heterocycles. The van der Waals surface area contributed by atoms with Crippen molar-refractivity contribution in [1.82, 2.24) is 5.32 Å². The van der Waals surface area contributed by atoms with E-state index < -0.39 is 0 Å². The largest absolute Gasteiger partial charge is 0.397 e. The van der Waals surface area contributed by atoms with Crippen molar-refractivity contribution in [3.8, 4) is 0 Å². The van der Waals surface area contributed by atoms with Crippen molar-refractivity contribution in [2.75, 3.05) is 24.1 Å². The first-order valence-electron chi connectivity index (χ1n) is 6.09. The maximum atomic E-state index is 5.92. The first-order valence-corrected chi connectivity index (χ1v) is 6.09. The van der Waals surface area contributed by atoms with Crippen LogP contribution in [-0.4, -0.2) is 19.1 Å². The molecule has 16 heavy (non-hydrogen) atoms. The van der Waals surface area contributed by atoms with Gasteiger partial charge in [-0.3, -0.25) is 0 Å². The van der Waals surface area contributed by atoms with Gasteiger partial charge < -0.3 is 16.4 Å². The minimum atomic E-state index is 0.492. The topological polar surface area (TPSA) is 50.1 Å². The van der Waals surface area contributed by atoms with E-state index in [9.17, 15) is 0 Å². The first-order chi connectivity index (χ1) is 7.77. The predicted molar refractivity (Wildman–Crippen MR) is 69.5 cm³/mol. The molecule has 0 aliphatic carbocycles. The van der Waals surface area contributed by atoms with Gasteiger partial charge in [-0.05, 0) is 50.9 Å². The maximum Gasteiger partial charge on any atom is 0.0576 e. The van der Waals surface area contributed by atoms with Crippen molar-refractivity contribution in [1.29, 1.82) is 0 Å². The molecule has 1 aromatic carbocycles. The second-order valence-electron chi connectivity index (χ2n) is 4.61.